The van der Waals surface area contributed by atoms with Crippen molar-refractivity contribution >= 4 is 17.9 Å². The minimum absolute atomic E-state index is 0.0757. The van der Waals surface area contributed by atoms with E-state index < -0.39 is 17.9 Å². The number of hydrogen-bond donors (Lipinski definition) is 0. The van der Waals surface area contributed by atoms with E-state index in [2.05, 4.69) is 0 Å². The van der Waals surface area contributed by atoms with Crippen molar-refractivity contribution < 1.29 is 33.3 Å². The second-order valence-corrected chi connectivity index (χ2v) is 3.91. The van der Waals surface area contributed by atoms with Crippen molar-refractivity contribution in [2.24, 2.45) is 0 Å². The second kappa shape index (κ2) is 7.28. The second-order valence-electron chi connectivity index (χ2n) is 3.91. The molecule has 0 amide bonds. The van der Waals surface area contributed by atoms with Crippen LogP contribution in [0.1, 0.15) is 31.1 Å². The number of hydrogen-bond acceptors (Lipinski definition) is 7. The SMILES string of the molecule is CCOC(=O)c1cc(OC)c(OC(C)=O)c(OC(C)=O)c1. The van der Waals surface area contributed by atoms with Gasteiger partial charge in [-0.1, -0.05) is 0 Å². The third-order valence-corrected chi connectivity index (χ3v) is 2.25. The molecule has 0 aliphatic heterocycles. The lowest BCUT2D eigenvalue weighted by Gasteiger charge is -2.14. The number of ether oxygens (including phenoxy) is 4. The first-order valence-corrected chi connectivity index (χ1v) is 6.15. The lowest BCUT2D eigenvalue weighted by Crippen LogP contribution is -2.11. The molecule has 0 atom stereocenters. The van der Waals surface area contributed by atoms with Crippen LogP contribution < -0.4 is 14.2 Å². The zero-order chi connectivity index (χ0) is 16.0. The Morgan fingerprint density at radius 3 is 2.05 bits per heavy atom. The summed E-state index contributed by atoms with van der Waals surface area (Å²) in [7, 11) is 1.33. The summed E-state index contributed by atoms with van der Waals surface area (Å²) in [5.74, 6) is -1.96. The van der Waals surface area contributed by atoms with E-state index in [9.17, 15) is 14.4 Å². The summed E-state index contributed by atoms with van der Waals surface area (Å²) < 4.78 is 19.9. The van der Waals surface area contributed by atoms with Crippen LogP contribution in [-0.4, -0.2) is 31.6 Å². The molecule has 0 fully saturated rings. The van der Waals surface area contributed by atoms with Crippen molar-refractivity contribution in [2.75, 3.05) is 13.7 Å². The van der Waals surface area contributed by atoms with Crippen LogP contribution in [0.5, 0.6) is 17.2 Å². The first-order chi connectivity index (χ1) is 9.88. The van der Waals surface area contributed by atoms with Crippen LogP contribution in [0, 0.1) is 0 Å². The molecule has 0 saturated heterocycles. The molecule has 0 unspecified atom stereocenters. The minimum atomic E-state index is -0.633. The van der Waals surface area contributed by atoms with Gasteiger partial charge in [-0.3, -0.25) is 9.59 Å². The number of benzene rings is 1. The lowest BCUT2D eigenvalue weighted by atomic mass is 10.2. The highest BCUT2D eigenvalue weighted by Crippen LogP contribution is 2.39. The summed E-state index contributed by atoms with van der Waals surface area (Å²) in [6.07, 6.45) is 0. The van der Waals surface area contributed by atoms with Gasteiger partial charge in [0.1, 0.15) is 0 Å². The Labute approximate surface area is 121 Å². The Morgan fingerprint density at radius 1 is 1.00 bits per heavy atom. The van der Waals surface area contributed by atoms with Crippen LogP contribution >= 0.6 is 0 Å². The van der Waals surface area contributed by atoms with Gasteiger partial charge in [0, 0.05) is 13.8 Å². The maximum absolute atomic E-state index is 11.8. The Balaban J connectivity index is 3.37. The molecule has 0 aliphatic rings. The van der Waals surface area contributed by atoms with Gasteiger partial charge in [-0.05, 0) is 19.1 Å². The van der Waals surface area contributed by atoms with Gasteiger partial charge in [0.25, 0.3) is 0 Å². The molecule has 7 heteroatoms. The van der Waals surface area contributed by atoms with Crippen LogP contribution in [0.2, 0.25) is 0 Å². The van der Waals surface area contributed by atoms with Gasteiger partial charge in [0.05, 0.1) is 19.3 Å². The molecule has 114 valence electrons. The Hall–Kier alpha value is -2.57. The fourth-order valence-corrected chi connectivity index (χ4v) is 1.54. The van der Waals surface area contributed by atoms with Gasteiger partial charge in [-0.15, -0.1) is 0 Å². The van der Waals surface area contributed by atoms with Crippen molar-refractivity contribution in [1.29, 1.82) is 0 Å². The van der Waals surface area contributed by atoms with E-state index in [1.807, 2.05) is 0 Å². The summed E-state index contributed by atoms with van der Waals surface area (Å²) in [5.41, 5.74) is 0.112. The van der Waals surface area contributed by atoms with Crippen LogP contribution in [0.15, 0.2) is 12.1 Å². The molecule has 0 saturated carbocycles. The third kappa shape index (κ3) is 4.48. The predicted molar refractivity (Wildman–Crippen MR) is 71.6 cm³/mol. The number of carbonyl (C=O) groups is 3. The first kappa shape index (κ1) is 16.5. The molecule has 0 radical (unpaired) electrons. The van der Waals surface area contributed by atoms with Crippen molar-refractivity contribution in [1.82, 2.24) is 0 Å². The zero-order valence-electron chi connectivity index (χ0n) is 12.2. The molecule has 21 heavy (non-hydrogen) atoms. The molecule has 1 rings (SSSR count). The van der Waals surface area contributed by atoms with Gasteiger partial charge >= 0.3 is 17.9 Å². The topological polar surface area (TPSA) is 88.1 Å². The Bertz CT molecular complexity index is 563. The van der Waals surface area contributed by atoms with E-state index in [1.165, 1.54) is 33.1 Å². The molecule has 7 nitrogen and oxygen atoms in total. The molecule has 0 spiro atoms. The molecule has 0 bridgehead atoms. The average molecular weight is 296 g/mol. The van der Waals surface area contributed by atoms with Crippen LogP contribution in [0.4, 0.5) is 0 Å². The predicted octanol–water partition coefficient (Wildman–Crippen LogP) is 1.72. The van der Waals surface area contributed by atoms with Crippen molar-refractivity contribution in [2.45, 2.75) is 20.8 Å². The lowest BCUT2D eigenvalue weighted by molar-refractivity contribution is -0.134. The van der Waals surface area contributed by atoms with Gasteiger partial charge in [-0.25, -0.2) is 4.79 Å². The highest BCUT2D eigenvalue weighted by atomic mass is 16.6. The summed E-state index contributed by atoms with van der Waals surface area (Å²) in [6, 6.07) is 2.59. The molecule has 0 N–H and O–H groups in total. The van der Waals surface area contributed by atoms with Crippen LogP contribution in [-0.2, 0) is 14.3 Å². The number of esters is 3. The maximum atomic E-state index is 11.8. The maximum Gasteiger partial charge on any atom is 0.338 e. The average Bonchev–Trinajstić information content (AvgIpc) is 2.39. The van der Waals surface area contributed by atoms with Gasteiger partial charge < -0.3 is 18.9 Å². The van der Waals surface area contributed by atoms with E-state index in [4.69, 9.17) is 18.9 Å². The third-order valence-electron chi connectivity index (χ3n) is 2.25. The smallest absolute Gasteiger partial charge is 0.338 e. The monoisotopic (exact) mass is 296 g/mol. The van der Waals surface area contributed by atoms with Crippen molar-refractivity contribution in [3.8, 4) is 17.2 Å². The van der Waals surface area contributed by atoms with E-state index in [0.717, 1.165) is 0 Å². The summed E-state index contributed by atoms with van der Waals surface area (Å²) >= 11 is 0. The molecular formula is C14H16O7. The van der Waals surface area contributed by atoms with Gasteiger partial charge in [0.15, 0.2) is 11.5 Å². The Morgan fingerprint density at radius 2 is 1.57 bits per heavy atom. The van der Waals surface area contributed by atoms with E-state index in [0.29, 0.717) is 0 Å². The zero-order valence-corrected chi connectivity index (χ0v) is 12.2. The van der Waals surface area contributed by atoms with E-state index in [1.54, 1.807) is 6.92 Å². The standard InChI is InChI=1S/C14H16O7/c1-5-19-14(17)10-6-11(18-4)13(21-9(3)16)12(7-10)20-8(2)15/h6-7H,5H2,1-4H3. The van der Waals surface area contributed by atoms with Crippen LogP contribution in [0.25, 0.3) is 0 Å². The number of methoxy groups -OCH3 is 1. The fourth-order valence-electron chi connectivity index (χ4n) is 1.54. The fraction of sp³-hybridized carbons (Fsp3) is 0.357. The van der Waals surface area contributed by atoms with Crippen molar-refractivity contribution in [3.63, 3.8) is 0 Å². The summed E-state index contributed by atoms with van der Waals surface area (Å²) in [5, 5.41) is 0. The molecule has 0 aromatic heterocycles. The normalized spacial score (nSPS) is 9.71. The Kier molecular flexibility index (Phi) is 5.71. The van der Waals surface area contributed by atoms with Gasteiger partial charge in [-0.2, -0.15) is 0 Å². The minimum Gasteiger partial charge on any atom is -0.493 e. The highest BCUT2D eigenvalue weighted by molar-refractivity contribution is 5.92. The highest BCUT2D eigenvalue weighted by Gasteiger charge is 2.21. The van der Waals surface area contributed by atoms with Crippen LogP contribution in [0.3, 0.4) is 0 Å². The number of carbonyl (C=O) groups excluding carboxylic acids is 3. The molecular weight excluding hydrogens is 280 g/mol. The van der Waals surface area contributed by atoms with Gasteiger partial charge in [0.2, 0.25) is 5.75 Å². The summed E-state index contributed by atoms with van der Waals surface area (Å²) in [6.45, 7) is 4.22. The largest absolute Gasteiger partial charge is 0.493 e. The van der Waals surface area contributed by atoms with E-state index >= 15 is 0 Å². The molecule has 0 aliphatic carbocycles. The first-order valence-electron chi connectivity index (χ1n) is 6.15. The molecule has 0 heterocycles. The molecule has 1 aromatic rings. The van der Waals surface area contributed by atoms with E-state index in [-0.39, 0.29) is 29.4 Å². The summed E-state index contributed by atoms with van der Waals surface area (Å²) in [4.78, 5) is 34.0. The quantitative estimate of drug-likeness (QED) is 0.603. The number of rotatable bonds is 5. The van der Waals surface area contributed by atoms with Crippen molar-refractivity contribution in [3.05, 3.63) is 17.7 Å². The molecule has 1 aromatic carbocycles.